The Morgan fingerprint density at radius 3 is 2.62 bits per heavy atom. The van der Waals surface area contributed by atoms with E-state index in [0.717, 1.165) is 24.2 Å². The summed E-state index contributed by atoms with van der Waals surface area (Å²) >= 11 is 0.921. The summed E-state index contributed by atoms with van der Waals surface area (Å²) in [6, 6.07) is 9.63. The zero-order valence-corrected chi connectivity index (χ0v) is 23.2. The number of aromatic nitrogens is 2. The molecule has 0 aliphatic heterocycles. The molecule has 1 atom stereocenters. The first kappa shape index (κ1) is 26.9. The van der Waals surface area contributed by atoms with Crippen molar-refractivity contribution in [3.05, 3.63) is 63.8 Å². The molecule has 2 heterocycles. The van der Waals surface area contributed by atoms with E-state index in [4.69, 9.17) is 0 Å². The summed E-state index contributed by atoms with van der Waals surface area (Å²) in [5.41, 5.74) is 0.917. The molecule has 0 radical (unpaired) electrons. The number of nitrogens with zero attached hydrogens (tertiary/aromatic N) is 2. The summed E-state index contributed by atoms with van der Waals surface area (Å²) in [6.45, 7) is 2.58. The van der Waals surface area contributed by atoms with Gasteiger partial charge in [-0.15, -0.1) is 11.3 Å². The zero-order valence-electron chi connectivity index (χ0n) is 21.5. The van der Waals surface area contributed by atoms with Gasteiger partial charge in [0.1, 0.15) is 10.8 Å². The lowest BCUT2D eigenvalue weighted by Gasteiger charge is -2.17. The largest absolute Gasteiger partial charge is 0.352 e. The van der Waals surface area contributed by atoms with Gasteiger partial charge in [0.2, 0.25) is 11.8 Å². The number of carbonyl (C=O) groups excluding carboxylic acids is 2. The lowest BCUT2D eigenvalue weighted by Crippen LogP contribution is -2.42. The summed E-state index contributed by atoms with van der Waals surface area (Å²) in [5, 5.41) is 3.78. The molecule has 0 bridgehead atoms. The van der Waals surface area contributed by atoms with Crippen LogP contribution in [0.1, 0.15) is 36.9 Å². The number of benzene rings is 2. The molecule has 2 aromatic heterocycles. The van der Waals surface area contributed by atoms with Crippen molar-refractivity contribution in [2.45, 2.75) is 43.2 Å². The SMILES string of the molecule is CC(C)S(=O)(=O)C(C(=O)NCC(=O)NC1CC1)c1nc2cc(-c3ccc4c(=O)n(C)ccc4c3)c(F)cc2s1. The normalized spacial score (nSPS) is 14.6. The number of aryl methyl sites for hydroxylation is 1. The molecular weight excluding hydrogens is 543 g/mol. The van der Waals surface area contributed by atoms with Crippen molar-refractivity contribution >= 4 is 54.0 Å². The maximum absolute atomic E-state index is 15.3. The fourth-order valence-corrected chi connectivity index (χ4v) is 7.01. The average molecular weight is 571 g/mol. The van der Waals surface area contributed by atoms with E-state index in [-0.39, 0.29) is 28.7 Å². The monoisotopic (exact) mass is 570 g/mol. The number of hydrogen-bond acceptors (Lipinski definition) is 7. The Balaban J connectivity index is 1.51. The van der Waals surface area contributed by atoms with E-state index in [1.165, 1.54) is 30.5 Å². The van der Waals surface area contributed by atoms with Gasteiger partial charge in [-0.1, -0.05) is 6.07 Å². The van der Waals surface area contributed by atoms with Crippen molar-refractivity contribution in [1.29, 1.82) is 0 Å². The van der Waals surface area contributed by atoms with Gasteiger partial charge in [0.25, 0.3) is 5.56 Å². The second-order valence-electron chi connectivity index (χ2n) is 9.96. The Labute approximate surface area is 228 Å². The number of thiazole rings is 1. The van der Waals surface area contributed by atoms with Crippen LogP contribution in [0, 0.1) is 5.82 Å². The van der Waals surface area contributed by atoms with Gasteiger partial charge in [-0.2, -0.15) is 0 Å². The smallest absolute Gasteiger partial charge is 0.258 e. The minimum Gasteiger partial charge on any atom is -0.352 e. The predicted molar refractivity (Wildman–Crippen MR) is 149 cm³/mol. The van der Waals surface area contributed by atoms with Crippen molar-refractivity contribution in [3.63, 3.8) is 0 Å². The number of hydrogen-bond donors (Lipinski definition) is 2. The number of halogens is 1. The van der Waals surface area contributed by atoms with E-state index in [0.29, 0.717) is 26.6 Å². The standard InChI is InChI=1S/C27H27FN4O5S2/c1-14(2)39(36,37)24(25(34)29-13-23(33)30-17-5-6-17)26-31-21-11-19(20(28)12-22(21)38-26)15-4-7-18-16(10-15)8-9-32(3)27(18)35/h4,7-12,14,17,24H,5-6,13H2,1-3H3,(H,29,34)(H,30,33). The van der Waals surface area contributed by atoms with Crippen LogP contribution in [-0.4, -0.2) is 47.6 Å². The highest BCUT2D eigenvalue weighted by Crippen LogP contribution is 2.36. The van der Waals surface area contributed by atoms with Gasteiger partial charge in [0.05, 0.1) is 22.0 Å². The quantitative estimate of drug-likeness (QED) is 0.335. The zero-order chi connectivity index (χ0) is 28.1. The van der Waals surface area contributed by atoms with E-state index in [2.05, 4.69) is 15.6 Å². The molecular formula is C27H27FN4O5S2. The first-order chi connectivity index (χ1) is 18.5. The second-order valence-corrected chi connectivity index (χ2v) is 13.6. The Kier molecular flexibility index (Phi) is 7.02. The predicted octanol–water partition coefficient (Wildman–Crippen LogP) is 3.21. The molecule has 2 N–H and O–H groups in total. The third-order valence-electron chi connectivity index (χ3n) is 6.70. The highest BCUT2D eigenvalue weighted by molar-refractivity contribution is 7.93. The number of sulfone groups is 1. The van der Waals surface area contributed by atoms with Gasteiger partial charge in [0.15, 0.2) is 15.1 Å². The summed E-state index contributed by atoms with van der Waals surface area (Å²) < 4.78 is 43.5. The molecule has 2 amide bonds. The first-order valence-electron chi connectivity index (χ1n) is 12.4. The van der Waals surface area contributed by atoms with Gasteiger partial charge in [-0.05, 0) is 68.0 Å². The number of pyridine rings is 1. The fourth-order valence-electron chi connectivity index (χ4n) is 4.25. The molecule has 9 nitrogen and oxygen atoms in total. The molecule has 4 aromatic rings. The maximum atomic E-state index is 15.3. The van der Waals surface area contributed by atoms with E-state index in [1.807, 2.05) is 0 Å². The van der Waals surface area contributed by atoms with Crippen molar-refractivity contribution < 1.29 is 22.4 Å². The fraction of sp³-hybridized carbons (Fsp3) is 0.333. The summed E-state index contributed by atoms with van der Waals surface area (Å²) in [5.74, 6) is -1.80. The minimum absolute atomic E-state index is 0.00245. The van der Waals surface area contributed by atoms with Crippen molar-refractivity contribution in [2.75, 3.05) is 6.54 Å². The molecule has 0 spiro atoms. The Morgan fingerprint density at radius 2 is 1.92 bits per heavy atom. The number of rotatable bonds is 8. The minimum atomic E-state index is -4.02. The van der Waals surface area contributed by atoms with Gasteiger partial charge < -0.3 is 15.2 Å². The van der Waals surface area contributed by atoms with E-state index >= 15 is 4.39 Å². The van der Waals surface area contributed by atoms with Crippen LogP contribution < -0.4 is 16.2 Å². The van der Waals surface area contributed by atoms with Crippen LogP contribution >= 0.6 is 11.3 Å². The van der Waals surface area contributed by atoms with Crippen LogP contribution in [0.25, 0.3) is 32.1 Å². The molecule has 39 heavy (non-hydrogen) atoms. The summed E-state index contributed by atoms with van der Waals surface area (Å²) in [4.78, 5) is 42.0. The van der Waals surface area contributed by atoms with Crippen molar-refractivity contribution in [2.24, 2.45) is 7.05 Å². The van der Waals surface area contributed by atoms with Gasteiger partial charge in [-0.3, -0.25) is 14.4 Å². The number of carbonyl (C=O) groups is 2. The van der Waals surface area contributed by atoms with Crippen molar-refractivity contribution in [1.82, 2.24) is 20.2 Å². The topological polar surface area (TPSA) is 127 Å². The third kappa shape index (κ3) is 5.30. The molecule has 0 saturated heterocycles. The van der Waals surface area contributed by atoms with Crippen LogP contribution in [0.2, 0.25) is 0 Å². The van der Waals surface area contributed by atoms with Gasteiger partial charge in [-0.25, -0.2) is 17.8 Å². The van der Waals surface area contributed by atoms with Gasteiger partial charge >= 0.3 is 0 Å². The lowest BCUT2D eigenvalue weighted by atomic mass is 10.0. The second kappa shape index (κ2) is 10.2. The van der Waals surface area contributed by atoms with Crippen LogP contribution in [0.15, 0.2) is 47.4 Å². The van der Waals surface area contributed by atoms with Crippen molar-refractivity contribution in [3.8, 4) is 11.1 Å². The molecule has 1 saturated carbocycles. The molecule has 1 unspecified atom stereocenters. The summed E-state index contributed by atoms with van der Waals surface area (Å²) in [7, 11) is -2.37. The highest BCUT2D eigenvalue weighted by atomic mass is 32.2. The van der Waals surface area contributed by atoms with E-state index in [9.17, 15) is 22.8 Å². The van der Waals surface area contributed by atoms with Crippen LogP contribution in [-0.2, 0) is 26.5 Å². The number of amides is 2. The Hall–Kier alpha value is -3.64. The Bertz CT molecular complexity index is 1790. The number of nitrogens with one attached hydrogen (secondary N) is 2. The first-order valence-corrected chi connectivity index (χ1v) is 14.9. The molecule has 1 aliphatic carbocycles. The molecule has 204 valence electrons. The van der Waals surface area contributed by atoms with Crippen LogP contribution in [0.3, 0.4) is 0 Å². The lowest BCUT2D eigenvalue weighted by molar-refractivity contribution is -0.126. The van der Waals surface area contributed by atoms with E-state index in [1.54, 1.807) is 37.5 Å². The Morgan fingerprint density at radius 1 is 1.18 bits per heavy atom. The van der Waals surface area contributed by atoms with Gasteiger partial charge in [0, 0.05) is 30.2 Å². The van der Waals surface area contributed by atoms with E-state index < -0.39 is 38.0 Å². The molecule has 5 rings (SSSR count). The average Bonchev–Trinajstić information content (AvgIpc) is 3.61. The number of fused-ring (bicyclic) bond motifs is 2. The molecule has 2 aromatic carbocycles. The molecule has 12 heteroatoms. The maximum Gasteiger partial charge on any atom is 0.258 e. The summed E-state index contributed by atoms with van der Waals surface area (Å²) in [6.07, 6.45) is 3.40. The third-order valence-corrected chi connectivity index (χ3v) is 10.3. The molecule has 1 fully saturated rings. The van der Waals surface area contributed by atoms with Crippen LogP contribution in [0.4, 0.5) is 4.39 Å². The van der Waals surface area contributed by atoms with Crippen LogP contribution in [0.5, 0.6) is 0 Å². The molecule has 1 aliphatic rings. The highest BCUT2D eigenvalue weighted by Gasteiger charge is 2.39.